The Morgan fingerprint density at radius 3 is 2.06 bits per heavy atom. The van der Waals surface area contributed by atoms with E-state index >= 15 is 0 Å². The van der Waals surface area contributed by atoms with Gasteiger partial charge in [-0.1, -0.05) is 18.7 Å². The topological polar surface area (TPSA) is 134 Å². The summed E-state index contributed by atoms with van der Waals surface area (Å²) in [4.78, 5) is 28.7. The fourth-order valence-corrected chi connectivity index (χ4v) is 3.52. The highest BCUT2D eigenvalue weighted by molar-refractivity contribution is 5.99. The molecule has 10 nitrogen and oxygen atoms in total. The van der Waals surface area contributed by atoms with Gasteiger partial charge >= 0.3 is 24.5 Å². The maximum absolute atomic E-state index is 14.7. The van der Waals surface area contributed by atoms with E-state index in [0.29, 0.717) is 0 Å². The number of anilines is 5. The second kappa shape index (κ2) is 13.7. The van der Waals surface area contributed by atoms with Gasteiger partial charge in [-0.15, -0.1) is 0 Å². The zero-order chi connectivity index (χ0) is 35.3. The molecule has 47 heavy (non-hydrogen) atoms. The summed E-state index contributed by atoms with van der Waals surface area (Å²) in [5.74, 6) is -4.65. The molecule has 2 aromatic carbocycles. The first-order valence-corrected chi connectivity index (χ1v) is 12.4. The lowest BCUT2D eigenvalue weighted by Crippen LogP contribution is -2.21. The van der Waals surface area contributed by atoms with Crippen LogP contribution >= 0.6 is 0 Å². The van der Waals surface area contributed by atoms with Gasteiger partial charge in [0.05, 0.1) is 16.9 Å². The third-order valence-electron chi connectivity index (χ3n) is 5.57. The molecule has 0 atom stereocenters. The second-order valence-electron chi connectivity index (χ2n) is 9.03. The van der Waals surface area contributed by atoms with Gasteiger partial charge in [0, 0.05) is 30.7 Å². The summed E-state index contributed by atoms with van der Waals surface area (Å²) in [5.41, 5.74) is -2.38. The Bertz CT molecular complexity index is 1770. The van der Waals surface area contributed by atoms with Gasteiger partial charge in [0.1, 0.15) is 11.6 Å². The standard InChI is InChI=1S/C25H18F7N7O.C2HF3O2/c1-3-20(40)34-15-8-9-17(26)18(10-15)35-22-16(13-4-6-14(7-5-13)24(27,28)29)11-33-23(37-22)36-19-12-39(2)38-21(19)25(30,31)32;3-2(4,5)1(6)7/h3-12H,1H2,2H3,(H,34,40)(H2,33,35,36,37);(H,6,7). The second-order valence-corrected chi connectivity index (χ2v) is 9.03. The number of carbonyl (C=O) groups is 2. The maximum Gasteiger partial charge on any atom is 0.490 e. The molecule has 0 spiro atoms. The monoisotopic (exact) mass is 679 g/mol. The molecule has 1 amide bonds. The van der Waals surface area contributed by atoms with Crippen molar-refractivity contribution in [2.45, 2.75) is 18.5 Å². The molecule has 2 aromatic heterocycles. The van der Waals surface area contributed by atoms with Crippen LogP contribution < -0.4 is 16.0 Å². The number of aliphatic carboxylic acids is 1. The number of carboxylic acids is 1. The van der Waals surface area contributed by atoms with Gasteiger partial charge in [-0.05, 0) is 42.0 Å². The van der Waals surface area contributed by atoms with E-state index in [1.165, 1.54) is 19.2 Å². The van der Waals surface area contributed by atoms with Crippen molar-refractivity contribution in [3.63, 3.8) is 0 Å². The summed E-state index contributed by atoms with van der Waals surface area (Å²) in [7, 11) is 1.28. The Labute approximate surface area is 256 Å². The molecule has 2 heterocycles. The predicted octanol–water partition coefficient (Wildman–Crippen LogP) is 7.30. The lowest BCUT2D eigenvalue weighted by Gasteiger charge is -2.15. The largest absolute Gasteiger partial charge is 0.490 e. The first-order chi connectivity index (χ1) is 21.7. The number of carboxylic acid groups (broad SMARTS) is 1. The highest BCUT2D eigenvalue weighted by Crippen LogP contribution is 2.37. The summed E-state index contributed by atoms with van der Waals surface area (Å²) in [5, 5.41) is 18.1. The minimum Gasteiger partial charge on any atom is -0.475 e. The summed E-state index contributed by atoms with van der Waals surface area (Å²) >= 11 is 0. The van der Waals surface area contributed by atoms with E-state index in [0.717, 1.165) is 53.5 Å². The van der Waals surface area contributed by atoms with E-state index in [1.807, 2.05) is 0 Å². The molecule has 4 N–H and O–H groups in total. The van der Waals surface area contributed by atoms with Gasteiger partial charge in [-0.3, -0.25) is 9.48 Å². The van der Waals surface area contributed by atoms with Crippen molar-refractivity contribution in [2.24, 2.45) is 7.05 Å². The van der Waals surface area contributed by atoms with Crippen molar-refractivity contribution in [1.29, 1.82) is 0 Å². The first kappa shape index (κ1) is 35.8. The number of amides is 1. The van der Waals surface area contributed by atoms with Crippen LogP contribution in [-0.4, -0.2) is 42.9 Å². The Kier molecular flexibility index (Phi) is 10.5. The van der Waals surface area contributed by atoms with Crippen molar-refractivity contribution in [1.82, 2.24) is 19.7 Å². The van der Waals surface area contributed by atoms with Crippen molar-refractivity contribution < 1.29 is 58.6 Å². The molecule has 0 aliphatic carbocycles. The highest BCUT2D eigenvalue weighted by atomic mass is 19.4. The van der Waals surface area contributed by atoms with Crippen molar-refractivity contribution in [3.8, 4) is 11.1 Å². The zero-order valence-corrected chi connectivity index (χ0v) is 23.3. The number of alkyl halides is 9. The smallest absolute Gasteiger partial charge is 0.475 e. The molecule has 0 radical (unpaired) electrons. The number of nitrogens with zero attached hydrogens (tertiary/aromatic N) is 4. The summed E-state index contributed by atoms with van der Waals surface area (Å²) in [6.45, 7) is 3.33. The van der Waals surface area contributed by atoms with Crippen LogP contribution in [0.15, 0.2) is 67.5 Å². The number of carbonyl (C=O) groups excluding carboxylic acids is 1. The summed E-state index contributed by atoms with van der Waals surface area (Å²) < 4.78 is 127. The molecule has 0 fully saturated rings. The molecule has 0 aliphatic heterocycles. The van der Waals surface area contributed by atoms with Crippen molar-refractivity contribution >= 4 is 40.7 Å². The van der Waals surface area contributed by atoms with Gasteiger partial charge in [-0.25, -0.2) is 14.2 Å². The number of nitrogens with one attached hydrogen (secondary N) is 3. The Morgan fingerprint density at radius 2 is 1.53 bits per heavy atom. The number of aromatic nitrogens is 4. The molecule has 4 aromatic rings. The van der Waals surface area contributed by atoms with Crippen molar-refractivity contribution in [2.75, 3.05) is 16.0 Å². The van der Waals surface area contributed by atoms with Crippen LogP contribution in [0, 0.1) is 5.82 Å². The summed E-state index contributed by atoms with van der Waals surface area (Å²) in [6.07, 6.45) is -11.3. The van der Waals surface area contributed by atoms with E-state index < -0.39 is 53.2 Å². The third kappa shape index (κ3) is 9.65. The van der Waals surface area contributed by atoms with Crippen LogP contribution in [0.25, 0.3) is 11.1 Å². The van der Waals surface area contributed by atoms with E-state index in [2.05, 4.69) is 37.6 Å². The van der Waals surface area contributed by atoms with Gasteiger partial charge in [0.15, 0.2) is 5.69 Å². The van der Waals surface area contributed by atoms with E-state index in [4.69, 9.17) is 9.90 Å². The molecule has 0 saturated heterocycles. The fourth-order valence-electron chi connectivity index (χ4n) is 3.52. The SMILES string of the molecule is C=CC(=O)Nc1ccc(F)c(Nc2nc(Nc3cn(C)nc3C(F)(F)F)ncc2-c2ccc(C(F)(F)F)cc2)c1.O=C(O)C(F)(F)F. The number of hydrogen-bond acceptors (Lipinski definition) is 7. The van der Waals surface area contributed by atoms with Crippen LogP contribution in [0.4, 0.5) is 72.7 Å². The minimum atomic E-state index is -5.08. The van der Waals surface area contributed by atoms with Gasteiger partial charge in [0.25, 0.3) is 0 Å². The minimum absolute atomic E-state index is 0.0986. The van der Waals surface area contributed by atoms with Crippen LogP contribution in [0.2, 0.25) is 0 Å². The number of hydrogen-bond donors (Lipinski definition) is 4. The van der Waals surface area contributed by atoms with Gasteiger partial charge < -0.3 is 21.1 Å². The predicted molar refractivity (Wildman–Crippen MR) is 146 cm³/mol. The molecular weight excluding hydrogens is 660 g/mol. The Hall–Kier alpha value is -5.69. The summed E-state index contributed by atoms with van der Waals surface area (Å²) in [6, 6.07) is 7.44. The first-order valence-electron chi connectivity index (χ1n) is 12.4. The lowest BCUT2D eigenvalue weighted by atomic mass is 10.1. The molecule has 4 rings (SSSR count). The zero-order valence-electron chi connectivity index (χ0n) is 23.3. The number of aryl methyl sites for hydroxylation is 1. The third-order valence-corrected chi connectivity index (χ3v) is 5.57. The van der Waals surface area contributed by atoms with Crippen molar-refractivity contribution in [3.05, 3.63) is 84.6 Å². The number of halogens is 10. The fraction of sp³-hybridized carbons (Fsp3) is 0.148. The molecular formula is C27H19F10N7O3. The molecule has 0 unspecified atom stereocenters. The Morgan fingerprint density at radius 1 is 0.915 bits per heavy atom. The molecule has 250 valence electrons. The maximum atomic E-state index is 14.7. The molecule has 0 aliphatic rings. The quantitative estimate of drug-likeness (QED) is 0.118. The van der Waals surface area contributed by atoms with E-state index in [-0.39, 0.29) is 34.3 Å². The van der Waals surface area contributed by atoms with Crippen LogP contribution in [0.5, 0.6) is 0 Å². The Balaban J connectivity index is 0.000000771. The average Bonchev–Trinajstić information content (AvgIpc) is 3.34. The van der Waals surface area contributed by atoms with E-state index in [1.54, 1.807) is 0 Å². The lowest BCUT2D eigenvalue weighted by molar-refractivity contribution is -0.192. The van der Waals surface area contributed by atoms with Crippen LogP contribution in [0.3, 0.4) is 0 Å². The number of rotatable bonds is 7. The van der Waals surface area contributed by atoms with Crippen LogP contribution in [0.1, 0.15) is 11.3 Å². The highest BCUT2D eigenvalue weighted by Gasteiger charge is 2.38. The average molecular weight is 679 g/mol. The van der Waals surface area contributed by atoms with Gasteiger partial charge in [0.2, 0.25) is 11.9 Å². The normalized spacial score (nSPS) is 11.6. The molecule has 0 saturated carbocycles. The van der Waals surface area contributed by atoms with Crippen LogP contribution in [-0.2, 0) is 29.0 Å². The molecule has 0 bridgehead atoms. The molecule has 20 heteroatoms. The van der Waals surface area contributed by atoms with E-state index in [9.17, 15) is 48.7 Å². The van der Waals surface area contributed by atoms with Gasteiger partial charge in [-0.2, -0.15) is 49.6 Å². The number of benzene rings is 2.